The molecule has 0 nitrogen and oxygen atoms in total. The van der Waals surface area contributed by atoms with E-state index in [2.05, 4.69) is 51.3 Å². The molecule has 0 heterocycles. The second-order valence-electron chi connectivity index (χ2n) is 5.12. The van der Waals surface area contributed by atoms with Crippen LogP contribution in [0.3, 0.4) is 0 Å². The summed E-state index contributed by atoms with van der Waals surface area (Å²) in [4.78, 5) is 0. The Morgan fingerprint density at radius 2 is 1.78 bits per heavy atom. The molecule has 1 rings (SSSR count). The highest BCUT2D eigenvalue weighted by molar-refractivity contribution is 5.65. The second kappa shape index (κ2) is 7.95. The molecule has 0 aliphatic rings. The molecule has 18 heavy (non-hydrogen) atoms. The normalized spacial score (nSPS) is 10.2. The molecular weight excluding hydrogens is 216 g/mol. The van der Waals surface area contributed by atoms with Gasteiger partial charge in [-0.25, -0.2) is 0 Å². The van der Waals surface area contributed by atoms with Gasteiger partial charge in [-0.1, -0.05) is 57.4 Å². The van der Waals surface area contributed by atoms with Crippen LogP contribution in [-0.2, 0) is 0 Å². The number of aryl methyl sites for hydroxylation is 2. The number of rotatable bonds is 7. The predicted molar refractivity (Wildman–Crippen MR) is 81.8 cm³/mol. The molecule has 1 aromatic rings. The Morgan fingerprint density at radius 3 is 2.39 bits per heavy atom. The lowest BCUT2D eigenvalue weighted by atomic mass is 9.97. The summed E-state index contributed by atoms with van der Waals surface area (Å²) >= 11 is 0. The highest BCUT2D eigenvalue weighted by Gasteiger charge is 2.02. The maximum atomic E-state index is 3.84. The van der Waals surface area contributed by atoms with Gasteiger partial charge in [0, 0.05) is 5.57 Å². The van der Waals surface area contributed by atoms with Crippen LogP contribution in [0.25, 0.3) is 5.57 Å². The minimum absolute atomic E-state index is 1.11. The lowest BCUT2D eigenvalue weighted by Crippen LogP contribution is -1.88. The lowest BCUT2D eigenvalue weighted by molar-refractivity contribution is 0.640. The van der Waals surface area contributed by atoms with Crippen molar-refractivity contribution in [3.8, 4) is 0 Å². The molecule has 0 saturated heterocycles. The third kappa shape index (κ3) is 4.55. The first kappa shape index (κ1) is 14.8. The zero-order chi connectivity index (χ0) is 13.4. The van der Waals surface area contributed by atoms with E-state index in [-0.39, 0.29) is 0 Å². The zero-order valence-electron chi connectivity index (χ0n) is 12.2. The van der Waals surface area contributed by atoms with Crippen molar-refractivity contribution in [2.45, 2.75) is 59.3 Å². The van der Waals surface area contributed by atoms with Gasteiger partial charge in [0.2, 0.25) is 0 Å². The van der Waals surface area contributed by atoms with Gasteiger partial charge in [0.15, 0.2) is 0 Å². The fourth-order valence-electron chi connectivity index (χ4n) is 2.17. The van der Waals surface area contributed by atoms with Crippen molar-refractivity contribution in [3.63, 3.8) is 0 Å². The van der Waals surface area contributed by atoms with Gasteiger partial charge in [-0.05, 0) is 43.4 Å². The Hall–Kier alpha value is -1.26. The summed E-state index contributed by atoms with van der Waals surface area (Å²) in [6.45, 7) is 10.4. The molecule has 0 unspecified atom stereocenters. The molecule has 0 aromatic heterocycles. The minimum Gasteiger partial charge on any atom is -0.125 e. The maximum absolute atomic E-state index is 3.84. The summed E-state index contributed by atoms with van der Waals surface area (Å²) < 4.78 is 0. The van der Waals surface area contributed by atoms with Crippen molar-refractivity contribution in [1.29, 1.82) is 0 Å². The first-order valence-electron chi connectivity index (χ1n) is 7.15. The molecule has 0 amide bonds. The first-order valence-corrected chi connectivity index (χ1v) is 7.15. The van der Waals surface area contributed by atoms with E-state index in [9.17, 15) is 0 Å². The van der Waals surface area contributed by atoms with Crippen molar-refractivity contribution >= 4 is 5.57 Å². The molecule has 0 spiro atoms. The fourth-order valence-corrected chi connectivity index (χ4v) is 2.17. The number of hydrogen-bond donors (Lipinski definition) is 0. The van der Waals surface area contributed by atoms with E-state index < -0.39 is 0 Å². The van der Waals surface area contributed by atoms with Crippen LogP contribution in [0.15, 0.2) is 30.5 Å². The monoisotopic (exact) mass is 242 g/mol. The van der Waals surface area contributed by atoms with E-state index in [0.717, 1.165) is 6.42 Å². The van der Waals surface area contributed by atoms with Crippen LogP contribution in [0, 0.1) is 13.8 Å². The van der Waals surface area contributed by atoms with Crippen LogP contribution in [0.4, 0.5) is 0 Å². The van der Waals surface area contributed by atoms with Crippen LogP contribution >= 0.6 is 0 Å². The summed E-state index contributed by atoms with van der Waals surface area (Å²) in [5.74, 6) is 0. The van der Waals surface area contributed by atoms with Gasteiger partial charge < -0.3 is 0 Å². The molecule has 0 fully saturated rings. The molecule has 0 atom stereocenters. The largest absolute Gasteiger partial charge is 0.125 e. The average Bonchev–Trinajstić information content (AvgIpc) is 2.37. The molecule has 0 N–H and O–H groups in total. The van der Waals surface area contributed by atoms with Crippen LogP contribution in [0.5, 0.6) is 0 Å². The summed E-state index contributed by atoms with van der Waals surface area (Å²) in [5, 5.41) is 0. The van der Waals surface area contributed by atoms with Gasteiger partial charge >= 0.3 is 0 Å². The molecule has 98 valence electrons. The zero-order valence-corrected chi connectivity index (χ0v) is 12.2. The standard InChI is InChI=1S/C18H26/c1-5-7-8-9-10-11-17(6-2)18-13-12-15(3)16(4)14-18/h12-14H,2,5,7-11H2,1,3-4H3. The molecule has 0 heteroatoms. The number of unbranched alkanes of at least 4 members (excludes halogenated alkanes) is 4. The first-order chi connectivity index (χ1) is 8.69. The van der Waals surface area contributed by atoms with Crippen molar-refractivity contribution in [2.24, 2.45) is 0 Å². The van der Waals surface area contributed by atoms with E-state index in [0.29, 0.717) is 0 Å². The Labute approximate surface area is 112 Å². The maximum Gasteiger partial charge on any atom is 0.000590 e. The Balaban J connectivity index is 2.56. The van der Waals surface area contributed by atoms with Crippen LogP contribution in [-0.4, -0.2) is 0 Å². The topological polar surface area (TPSA) is 0 Å². The fraction of sp³-hybridized carbons (Fsp3) is 0.500. The van der Waals surface area contributed by atoms with Gasteiger partial charge in [-0.3, -0.25) is 0 Å². The molecule has 0 aliphatic carbocycles. The van der Waals surface area contributed by atoms with Gasteiger partial charge in [-0.15, -0.1) is 5.73 Å². The van der Waals surface area contributed by atoms with Crippen molar-refractivity contribution in [2.75, 3.05) is 0 Å². The van der Waals surface area contributed by atoms with Crippen LogP contribution in [0.1, 0.15) is 62.1 Å². The van der Waals surface area contributed by atoms with Gasteiger partial charge in [0.25, 0.3) is 0 Å². The Kier molecular flexibility index (Phi) is 6.54. The SMILES string of the molecule is C=C=C(CCCCCCC)c1ccc(C)c(C)c1. The number of allylic oxidation sites excluding steroid dienone is 1. The highest BCUT2D eigenvalue weighted by Crippen LogP contribution is 2.22. The van der Waals surface area contributed by atoms with Crippen molar-refractivity contribution in [1.82, 2.24) is 0 Å². The van der Waals surface area contributed by atoms with Crippen molar-refractivity contribution in [3.05, 3.63) is 47.2 Å². The third-order valence-corrected chi connectivity index (χ3v) is 3.60. The molecular formula is C18H26. The van der Waals surface area contributed by atoms with Gasteiger partial charge in [-0.2, -0.15) is 0 Å². The predicted octanol–water partition coefficient (Wildman–Crippen LogP) is 5.83. The second-order valence-corrected chi connectivity index (χ2v) is 5.12. The molecule has 0 saturated carbocycles. The molecule has 0 bridgehead atoms. The van der Waals surface area contributed by atoms with Gasteiger partial charge in [0.1, 0.15) is 0 Å². The van der Waals surface area contributed by atoms with Gasteiger partial charge in [0.05, 0.1) is 0 Å². The summed E-state index contributed by atoms with van der Waals surface area (Å²) in [6, 6.07) is 6.65. The highest BCUT2D eigenvalue weighted by atomic mass is 14.1. The average molecular weight is 242 g/mol. The molecule has 1 aromatic carbocycles. The van der Waals surface area contributed by atoms with E-state index in [1.54, 1.807) is 0 Å². The summed E-state index contributed by atoms with van der Waals surface area (Å²) in [7, 11) is 0. The van der Waals surface area contributed by atoms with Crippen molar-refractivity contribution < 1.29 is 0 Å². The van der Waals surface area contributed by atoms with E-state index in [1.807, 2.05) is 0 Å². The summed E-state index contributed by atoms with van der Waals surface area (Å²) in [6.07, 6.45) is 7.70. The van der Waals surface area contributed by atoms with E-state index >= 15 is 0 Å². The van der Waals surface area contributed by atoms with E-state index in [1.165, 1.54) is 54.4 Å². The lowest BCUT2D eigenvalue weighted by Gasteiger charge is -2.08. The number of hydrogen-bond acceptors (Lipinski definition) is 0. The minimum atomic E-state index is 1.11. The van der Waals surface area contributed by atoms with Crippen LogP contribution < -0.4 is 0 Å². The Bertz CT molecular complexity index is 420. The quantitative estimate of drug-likeness (QED) is 0.416. The van der Waals surface area contributed by atoms with Crippen LogP contribution in [0.2, 0.25) is 0 Å². The smallest absolute Gasteiger partial charge is 0.000590 e. The molecule has 0 radical (unpaired) electrons. The summed E-state index contributed by atoms with van der Waals surface area (Å²) in [5.41, 5.74) is 8.40. The van der Waals surface area contributed by atoms with E-state index in [4.69, 9.17) is 0 Å². The third-order valence-electron chi connectivity index (χ3n) is 3.60. The molecule has 0 aliphatic heterocycles. The Morgan fingerprint density at radius 1 is 1.06 bits per heavy atom. The number of benzene rings is 1.